The maximum absolute atomic E-state index is 12.5. The fraction of sp³-hybridized carbons (Fsp3) is 0.484. The Kier molecular flexibility index (Phi) is 13.4. The van der Waals surface area contributed by atoms with Crippen molar-refractivity contribution in [1.29, 1.82) is 0 Å². The lowest BCUT2D eigenvalue weighted by molar-refractivity contribution is 0.0511. The summed E-state index contributed by atoms with van der Waals surface area (Å²) in [4.78, 5) is 26.3. The number of hydrogen-bond donors (Lipinski definition) is 6. The normalized spacial score (nSPS) is 16.2. The number of aromatic nitrogens is 3. The Balaban J connectivity index is 1.31. The van der Waals surface area contributed by atoms with Gasteiger partial charge in [-0.3, -0.25) is 4.79 Å². The zero-order valence-corrected chi connectivity index (χ0v) is 25.3. The first-order valence-electron chi connectivity index (χ1n) is 15.1. The SMILES string of the molecule is COc1cccc(CNc2nc(NCc3ccc(C(=O)NCCOCCOCCN)cc3)nc(NC3CCC(O)CC3)n2)c1. The van der Waals surface area contributed by atoms with Gasteiger partial charge in [0.25, 0.3) is 5.91 Å². The van der Waals surface area contributed by atoms with E-state index in [0.29, 0.717) is 76.0 Å². The van der Waals surface area contributed by atoms with Gasteiger partial charge in [-0.25, -0.2) is 0 Å². The molecule has 4 rings (SSSR count). The molecule has 2 aromatic carbocycles. The van der Waals surface area contributed by atoms with Gasteiger partial charge in [0, 0.05) is 37.8 Å². The van der Waals surface area contributed by atoms with Gasteiger partial charge < -0.3 is 46.3 Å². The van der Waals surface area contributed by atoms with E-state index in [1.54, 1.807) is 19.2 Å². The number of aliphatic hydroxyl groups excluding tert-OH is 1. The van der Waals surface area contributed by atoms with E-state index in [0.717, 1.165) is 42.6 Å². The predicted octanol–water partition coefficient (Wildman–Crippen LogP) is 2.54. The Morgan fingerprint density at radius 2 is 1.52 bits per heavy atom. The summed E-state index contributed by atoms with van der Waals surface area (Å²) < 4.78 is 16.0. The molecular weight excluding hydrogens is 564 g/mol. The van der Waals surface area contributed by atoms with E-state index in [4.69, 9.17) is 19.9 Å². The standard InChI is InChI=1S/C31H44N8O5/c1-42-27-4-2-3-23(19-27)21-35-30-37-29(38-31(39-30)36-25-9-11-26(40)12-10-25)34-20-22-5-7-24(8-6-22)28(41)33-14-16-44-18-17-43-15-13-32/h2-8,19,25-26,40H,9-18,20-21,32H2,1H3,(H,33,41)(H3,34,35,36,37,38,39). The van der Waals surface area contributed by atoms with Gasteiger partial charge in [-0.05, 0) is 61.1 Å². The highest BCUT2D eigenvalue weighted by molar-refractivity contribution is 5.94. The Morgan fingerprint density at radius 3 is 2.20 bits per heavy atom. The van der Waals surface area contributed by atoms with Gasteiger partial charge >= 0.3 is 0 Å². The van der Waals surface area contributed by atoms with E-state index < -0.39 is 0 Å². The molecule has 7 N–H and O–H groups in total. The Labute approximate surface area is 258 Å². The number of benzene rings is 2. The van der Waals surface area contributed by atoms with E-state index in [1.165, 1.54) is 0 Å². The highest BCUT2D eigenvalue weighted by Crippen LogP contribution is 2.22. The number of nitrogens with two attached hydrogens (primary N) is 1. The van der Waals surface area contributed by atoms with Crippen molar-refractivity contribution in [2.75, 3.05) is 62.6 Å². The number of carbonyl (C=O) groups excluding carboxylic acids is 1. The van der Waals surface area contributed by atoms with Crippen molar-refractivity contribution in [3.05, 3.63) is 65.2 Å². The second-order valence-corrected chi connectivity index (χ2v) is 10.5. The van der Waals surface area contributed by atoms with E-state index in [1.807, 2.05) is 36.4 Å². The molecule has 13 heteroatoms. The fourth-order valence-electron chi connectivity index (χ4n) is 4.66. The average molecular weight is 609 g/mol. The van der Waals surface area contributed by atoms with Crippen molar-refractivity contribution in [1.82, 2.24) is 20.3 Å². The molecule has 1 fully saturated rings. The van der Waals surface area contributed by atoms with Gasteiger partial charge in [-0.15, -0.1) is 0 Å². The van der Waals surface area contributed by atoms with Crippen LogP contribution in [-0.4, -0.2) is 84.7 Å². The molecule has 3 aromatic rings. The van der Waals surface area contributed by atoms with Crippen LogP contribution in [0.4, 0.5) is 17.8 Å². The third-order valence-corrected chi connectivity index (χ3v) is 7.08. The van der Waals surface area contributed by atoms with Crippen LogP contribution in [0.2, 0.25) is 0 Å². The van der Waals surface area contributed by atoms with E-state index in [2.05, 4.69) is 36.2 Å². The third kappa shape index (κ3) is 11.2. The zero-order chi connectivity index (χ0) is 31.0. The summed E-state index contributed by atoms with van der Waals surface area (Å²) in [6.07, 6.45) is 2.95. The number of nitrogens with zero attached hydrogens (tertiary/aromatic N) is 3. The van der Waals surface area contributed by atoms with Crippen molar-refractivity contribution in [2.24, 2.45) is 5.73 Å². The maximum atomic E-state index is 12.5. The lowest BCUT2D eigenvalue weighted by Crippen LogP contribution is -2.29. The van der Waals surface area contributed by atoms with Gasteiger partial charge in [0.05, 0.1) is 39.6 Å². The van der Waals surface area contributed by atoms with Crippen LogP contribution < -0.4 is 31.7 Å². The van der Waals surface area contributed by atoms with Gasteiger partial charge in [-0.2, -0.15) is 15.0 Å². The Bertz CT molecular complexity index is 1290. The molecular formula is C31H44N8O5. The molecule has 44 heavy (non-hydrogen) atoms. The highest BCUT2D eigenvalue weighted by Gasteiger charge is 2.20. The summed E-state index contributed by atoms with van der Waals surface area (Å²) in [7, 11) is 1.64. The predicted molar refractivity (Wildman–Crippen MR) is 169 cm³/mol. The molecule has 1 saturated carbocycles. The van der Waals surface area contributed by atoms with E-state index in [-0.39, 0.29) is 18.1 Å². The van der Waals surface area contributed by atoms with E-state index >= 15 is 0 Å². The first-order valence-corrected chi connectivity index (χ1v) is 15.1. The number of ether oxygens (including phenoxy) is 3. The van der Waals surface area contributed by atoms with Crippen LogP contribution in [0.15, 0.2) is 48.5 Å². The first kappa shape index (κ1) is 32.9. The molecule has 0 unspecified atom stereocenters. The summed E-state index contributed by atoms with van der Waals surface area (Å²) in [5.74, 6) is 1.94. The minimum Gasteiger partial charge on any atom is -0.497 e. The van der Waals surface area contributed by atoms with Crippen LogP contribution >= 0.6 is 0 Å². The highest BCUT2D eigenvalue weighted by atomic mass is 16.5. The largest absolute Gasteiger partial charge is 0.497 e. The van der Waals surface area contributed by atoms with Crippen molar-refractivity contribution in [3.8, 4) is 5.75 Å². The molecule has 1 aromatic heterocycles. The minimum atomic E-state index is -0.243. The number of nitrogens with one attached hydrogen (secondary N) is 4. The summed E-state index contributed by atoms with van der Waals surface area (Å²) in [5.41, 5.74) is 7.92. The molecule has 0 spiro atoms. The summed E-state index contributed by atoms with van der Waals surface area (Å²) in [6, 6.07) is 15.3. The lowest BCUT2D eigenvalue weighted by atomic mass is 9.93. The van der Waals surface area contributed by atoms with Crippen LogP contribution in [-0.2, 0) is 22.6 Å². The molecule has 0 aliphatic heterocycles. The monoisotopic (exact) mass is 608 g/mol. The van der Waals surface area contributed by atoms with Gasteiger partial charge in [0.15, 0.2) is 0 Å². The van der Waals surface area contributed by atoms with E-state index in [9.17, 15) is 9.90 Å². The Morgan fingerprint density at radius 1 is 0.864 bits per heavy atom. The summed E-state index contributed by atoms with van der Waals surface area (Å²) in [5, 5.41) is 22.7. The number of anilines is 3. The first-order chi connectivity index (χ1) is 21.5. The minimum absolute atomic E-state index is 0.164. The summed E-state index contributed by atoms with van der Waals surface area (Å²) in [6.45, 7) is 3.71. The van der Waals surface area contributed by atoms with Crippen molar-refractivity contribution >= 4 is 23.8 Å². The molecule has 1 amide bonds. The molecule has 1 heterocycles. The van der Waals surface area contributed by atoms with Crippen LogP contribution in [0.5, 0.6) is 5.75 Å². The van der Waals surface area contributed by atoms with Gasteiger partial charge in [0.2, 0.25) is 17.8 Å². The number of methoxy groups -OCH3 is 1. The van der Waals surface area contributed by atoms with Gasteiger partial charge in [0.1, 0.15) is 5.75 Å². The van der Waals surface area contributed by atoms with Crippen LogP contribution in [0.1, 0.15) is 47.2 Å². The molecule has 0 bridgehead atoms. The maximum Gasteiger partial charge on any atom is 0.251 e. The van der Waals surface area contributed by atoms with Crippen molar-refractivity contribution < 1.29 is 24.1 Å². The number of carbonyl (C=O) groups is 1. The fourth-order valence-corrected chi connectivity index (χ4v) is 4.66. The van der Waals surface area contributed by atoms with Crippen molar-refractivity contribution in [3.63, 3.8) is 0 Å². The molecule has 1 aliphatic carbocycles. The van der Waals surface area contributed by atoms with Crippen LogP contribution in [0.25, 0.3) is 0 Å². The Hall–Kier alpha value is -4.04. The van der Waals surface area contributed by atoms with Crippen LogP contribution in [0, 0.1) is 0 Å². The molecule has 0 saturated heterocycles. The molecule has 13 nitrogen and oxygen atoms in total. The average Bonchev–Trinajstić information content (AvgIpc) is 3.05. The second kappa shape index (κ2) is 17.9. The number of rotatable bonds is 18. The molecule has 0 radical (unpaired) electrons. The molecule has 0 atom stereocenters. The van der Waals surface area contributed by atoms with Crippen molar-refractivity contribution in [2.45, 2.75) is 50.9 Å². The van der Waals surface area contributed by atoms with Gasteiger partial charge in [-0.1, -0.05) is 24.3 Å². The topological polar surface area (TPSA) is 178 Å². The second-order valence-electron chi connectivity index (χ2n) is 10.5. The number of aliphatic hydroxyl groups is 1. The molecule has 238 valence electrons. The molecule has 1 aliphatic rings. The quantitative estimate of drug-likeness (QED) is 0.117. The smallest absolute Gasteiger partial charge is 0.251 e. The van der Waals surface area contributed by atoms with Crippen LogP contribution in [0.3, 0.4) is 0 Å². The summed E-state index contributed by atoms with van der Waals surface area (Å²) >= 11 is 0. The zero-order valence-electron chi connectivity index (χ0n) is 25.3. The number of amides is 1. The third-order valence-electron chi connectivity index (χ3n) is 7.08. The lowest BCUT2D eigenvalue weighted by Gasteiger charge is -2.26. The number of hydrogen-bond acceptors (Lipinski definition) is 12.